The lowest BCUT2D eigenvalue weighted by molar-refractivity contribution is -0.0146. The van der Waals surface area contributed by atoms with Gasteiger partial charge in [-0.1, -0.05) is 23.2 Å². The summed E-state index contributed by atoms with van der Waals surface area (Å²) < 4.78 is 5.35. The van der Waals surface area contributed by atoms with Crippen LogP contribution in [0.2, 0.25) is 5.15 Å². The Kier molecular flexibility index (Phi) is 5.27. The van der Waals surface area contributed by atoms with Gasteiger partial charge in [0.1, 0.15) is 5.15 Å². The van der Waals surface area contributed by atoms with Crippen molar-refractivity contribution in [3.63, 3.8) is 0 Å². The number of aliphatic hydroxyl groups is 1. The summed E-state index contributed by atoms with van der Waals surface area (Å²) in [5.74, 6) is -0.266. The number of amides is 1. The van der Waals surface area contributed by atoms with E-state index in [9.17, 15) is 9.90 Å². The highest BCUT2D eigenvalue weighted by Crippen LogP contribution is 2.29. The number of benzene rings is 1. The summed E-state index contributed by atoms with van der Waals surface area (Å²) in [6.07, 6.45) is 1.46. The van der Waals surface area contributed by atoms with Crippen molar-refractivity contribution in [2.45, 2.75) is 26.7 Å². The maximum atomic E-state index is 12.6. The number of aryl methyl sites for hydroxylation is 2. The van der Waals surface area contributed by atoms with Gasteiger partial charge in [-0.05, 0) is 44.4 Å². The lowest BCUT2D eigenvalue weighted by Gasteiger charge is -2.35. The first-order valence-electron chi connectivity index (χ1n) is 8.48. The molecule has 0 spiro atoms. The Bertz CT molecular complexity index is 801. The van der Waals surface area contributed by atoms with Gasteiger partial charge in [0.15, 0.2) is 0 Å². The van der Waals surface area contributed by atoms with Gasteiger partial charge in [-0.2, -0.15) is 0 Å². The van der Waals surface area contributed by atoms with Crippen molar-refractivity contribution in [2.24, 2.45) is 5.41 Å². The van der Waals surface area contributed by atoms with Crippen molar-refractivity contribution in [3.8, 4) is 0 Å². The summed E-state index contributed by atoms with van der Waals surface area (Å²) >= 11 is 6.26. The summed E-state index contributed by atoms with van der Waals surface area (Å²) in [4.78, 5) is 17.0. The Morgan fingerprint density at radius 1 is 1.32 bits per heavy atom. The van der Waals surface area contributed by atoms with Gasteiger partial charge in [0.05, 0.1) is 17.7 Å². The predicted molar refractivity (Wildman–Crippen MR) is 98.1 cm³/mol. The molecule has 25 heavy (non-hydrogen) atoms. The first-order chi connectivity index (χ1) is 11.9. The number of carbonyl (C=O) groups excluding carboxylic acids is 1. The van der Waals surface area contributed by atoms with Crippen LogP contribution < -0.4 is 5.32 Å². The molecule has 3 rings (SSSR count). The first kappa shape index (κ1) is 18.1. The fourth-order valence-corrected chi connectivity index (χ4v) is 3.57. The Hall–Kier alpha value is -1.69. The summed E-state index contributed by atoms with van der Waals surface area (Å²) in [6.45, 7) is 5.62. The van der Waals surface area contributed by atoms with Crippen LogP contribution in [0.3, 0.4) is 0 Å². The number of aliphatic hydroxyl groups excluding tert-OH is 1. The topological polar surface area (TPSA) is 71.5 Å². The standard InChI is InChI=1S/C19H23ClN2O3/c1-12-7-13(2)16-14(8-12)9-15(17(20)22-16)18(24)21-10-19(11-23)3-5-25-6-4-19/h7-9,23H,3-6,10-11H2,1-2H3,(H,21,24). The Morgan fingerprint density at radius 2 is 2.04 bits per heavy atom. The molecule has 1 amide bonds. The van der Waals surface area contributed by atoms with Crippen molar-refractivity contribution in [1.29, 1.82) is 0 Å². The number of rotatable bonds is 4. The number of nitrogens with zero attached hydrogens (tertiary/aromatic N) is 1. The number of pyridine rings is 1. The first-order valence-corrected chi connectivity index (χ1v) is 8.86. The highest BCUT2D eigenvalue weighted by atomic mass is 35.5. The number of fused-ring (bicyclic) bond motifs is 1. The smallest absolute Gasteiger partial charge is 0.254 e. The molecule has 0 bridgehead atoms. The molecule has 0 atom stereocenters. The minimum atomic E-state index is -0.322. The van der Waals surface area contributed by atoms with Crippen LogP contribution >= 0.6 is 11.6 Å². The maximum absolute atomic E-state index is 12.6. The molecular formula is C19H23ClN2O3. The molecule has 1 aliphatic rings. The van der Waals surface area contributed by atoms with Crippen molar-refractivity contribution in [1.82, 2.24) is 10.3 Å². The van der Waals surface area contributed by atoms with E-state index in [0.717, 1.165) is 34.9 Å². The van der Waals surface area contributed by atoms with Crippen LogP contribution in [0.1, 0.15) is 34.3 Å². The van der Waals surface area contributed by atoms with E-state index in [1.54, 1.807) is 6.07 Å². The van der Waals surface area contributed by atoms with Crippen LogP contribution in [-0.2, 0) is 4.74 Å². The average Bonchev–Trinajstić information content (AvgIpc) is 2.60. The van der Waals surface area contributed by atoms with E-state index in [2.05, 4.69) is 10.3 Å². The molecular weight excluding hydrogens is 340 g/mol. The van der Waals surface area contributed by atoms with Gasteiger partial charge in [0.2, 0.25) is 0 Å². The van der Waals surface area contributed by atoms with Crippen LogP contribution in [0.5, 0.6) is 0 Å². The second-order valence-electron chi connectivity index (χ2n) is 6.93. The molecule has 1 aromatic carbocycles. The molecule has 0 aliphatic carbocycles. The second kappa shape index (κ2) is 7.28. The minimum absolute atomic E-state index is 0.0265. The molecule has 2 aromatic rings. The van der Waals surface area contributed by atoms with Crippen molar-refractivity contribution in [2.75, 3.05) is 26.4 Å². The van der Waals surface area contributed by atoms with Crippen molar-refractivity contribution >= 4 is 28.4 Å². The third-order valence-electron chi connectivity index (χ3n) is 4.96. The van der Waals surface area contributed by atoms with Gasteiger partial charge in [0.25, 0.3) is 5.91 Å². The lowest BCUT2D eigenvalue weighted by atomic mass is 9.81. The van der Waals surface area contributed by atoms with E-state index in [1.807, 2.05) is 26.0 Å². The van der Waals surface area contributed by atoms with E-state index in [0.29, 0.717) is 25.3 Å². The number of hydrogen-bond acceptors (Lipinski definition) is 4. The third kappa shape index (κ3) is 3.78. The molecule has 1 saturated heterocycles. The predicted octanol–water partition coefficient (Wildman–Crippen LogP) is 3.02. The number of aromatic nitrogens is 1. The monoisotopic (exact) mass is 362 g/mol. The quantitative estimate of drug-likeness (QED) is 0.820. The Balaban J connectivity index is 1.83. The summed E-state index contributed by atoms with van der Waals surface area (Å²) in [6, 6.07) is 5.83. The normalized spacial score (nSPS) is 16.8. The number of halogens is 1. The molecule has 1 aromatic heterocycles. The van der Waals surface area contributed by atoms with E-state index in [1.165, 1.54) is 0 Å². The molecule has 2 N–H and O–H groups in total. The number of nitrogens with one attached hydrogen (secondary N) is 1. The van der Waals surface area contributed by atoms with Crippen LogP contribution in [-0.4, -0.2) is 42.4 Å². The fraction of sp³-hybridized carbons (Fsp3) is 0.474. The molecule has 5 nitrogen and oxygen atoms in total. The van der Waals surface area contributed by atoms with Crippen LogP contribution in [0.4, 0.5) is 0 Å². The van der Waals surface area contributed by atoms with Crippen LogP contribution in [0.25, 0.3) is 10.9 Å². The SMILES string of the molecule is Cc1cc(C)c2nc(Cl)c(C(=O)NCC3(CO)CCOCC3)cc2c1. The fourth-order valence-electron chi connectivity index (χ4n) is 3.35. The molecule has 1 fully saturated rings. The molecule has 6 heteroatoms. The van der Waals surface area contributed by atoms with Gasteiger partial charge in [-0.15, -0.1) is 0 Å². The molecule has 1 aliphatic heterocycles. The minimum Gasteiger partial charge on any atom is -0.396 e. The average molecular weight is 363 g/mol. The van der Waals surface area contributed by atoms with E-state index >= 15 is 0 Å². The van der Waals surface area contributed by atoms with Crippen LogP contribution in [0, 0.1) is 19.3 Å². The van der Waals surface area contributed by atoms with Crippen molar-refractivity contribution < 1.29 is 14.6 Å². The molecule has 2 heterocycles. The molecule has 0 unspecified atom stereocenters. The van der Waals surface area contributed by atoms with Gasteiger partial charge < -0.3 is 15.2 Å². The number of carbonyl (C=O) groups is 1. The Morgan fingerprint density at radius 3 is 2.72 bits per heavy atom. The number of hydrogen-bond donors (Lipinski definition) is 2. The zero-order valence-electron chi connectivity index (χ0n) is 14.6. The largest absolute Gasteiger partial charge is 0.396 e. The van der Waals surface area contributed by atoms with E-state index in [-0.39, 0.29) is 23.1 Å². The van der Waals surface area contributed by atoms with Gasteiger partial charge in [-0.25, -0.2) is 4.98 Å². The summed E-state index contributed by atoms with van der Waals surface area (Å²) in [7, 11) is 0. The molecule has 134 valence electrons. The lowest BCUT2D eigenvalue weighted by Crippen LogP contribution is -2.43. The molecule has 0 saturated carbocycles. The number of ether oxygens (including phenoxy) is 1. The highest BCUT2D eigenvalue weighted by Gasteiger charge is 2.32. The highest BCUT2D eigenvalue weighted by molar-refractivity contribution is 6.33. The summed E-state index contributed by atoms with van der Waals surface area (Å²) in [5, 5.41) is 13.7. The van der Waals surface area contributed by atoms with Crippen molar-refractivity contribution in [3.05, 3.63) is 40.0 Å². The van der Waals surface area contributed by atoms with E-state index in [4.69, 9.17) is 16.3 Å². The Labute approximate surface area is 152 Å². The molecule has 0 radical (unpaired) electrons. The summed E-state index contributed by atoms with van der Waals surface area (Å²) in [5.41, 5.74) is 2.99. The second-order valence-corrected chi connectivity index (χ2v) is 7.29. The maximum Gasteiger partial charge on any atom is 0.254 e. The third-order valence-corrected chi connectivity index (χ3v) is 5.25. The van der Waals surface area contributed by atoms with Crippen LogP contribution in [0.15, 0.2) is 18.2 Å². The zero-order valence-corrected chi connectivity index (χ0v) is 15.3. The van der Waals surface area contributed by atoms with Gasteiger partial charge in [0, 0.05) is 30.6 Å². The van der Waals surface area contributed by atoms with Gasteiger partial charge >= 0.3 is 0 Å². The van der Waals surface area contributed by atoms with E-state index < -0.39 is 0 Å². The van der Waals surface area contributed by atoms with Gasteiger partial charge in [-0.3, -0.25) is 4.79 Å². The zero-order chi connectivity index (χ0) is 18.0.